The molecule has 2 rings (SSSR count). The van der Waals surface area contributed by atoms with Crippen LogP contribution < -0.4 is 10.6 Å². The molecule has 0 aliphatic carbocycles. The van der Waals surface area contributed by atoms with Crippen molar-refractivity contribution in [3.8, 4) is 0 Å². The first-order chi connectivity index (χ1) is 10.7. The Morgan fingerprint density at radius 2 is 2.21 bits per heavy atom. The van der Waals surface area contributed by atoms with Crippen molar-refractivity contribution in [2.45, 2.75) is 25.1 Å². The van der Waals surface area contributed by atoms with E-state index in [-0.39, 0.29) is 41.5 Å². The average molecular weight is 498 g/mol. The number of aromatic nitrogens is 1. The van der Waals surface area contributed by atoms with Crippen molar-refractivity contribution in [1.82, 2.24) is 15.6 Å². The number of hydrogen-bond donors (Lipinski definition) is 2. The van der Waals surface area contributed by atoms with E-state index in [2.05, 4.69) is 20.6 Å². The molecule has 0 amide bonds. The fourth-order valence-electron chi connectivity index (χ4n) is 2.14. The standard InChI is InChI=1S/C12H17F3N4O2S2.HI/c1-16-11(18-8-3-5-23(20,21)7-8)17-4-2-10-19-9(6-22-10)12(13,14)15;/h6,8H,2-5,7H2,1H3,(H2,16,17,18);1H. The van der Waals surface area contributed by atoms with Crippen molar-refractivity contribution in [3.05, 3.63) is 16.1 Å². The summed E-state index contributed by atoms with van der Waals surface area (Å²) in [6, 6.07) is -0.192. The quantitative estimate of drug-likeness (QED) is 0.375. The van der Waals surface area contributed by atoms with Crippen LogP contribution in [-0.2, 0) is 22.4 Å². The van der Waals surface area contributed by atoms with Crippen LogP contribution >= 0.6 is 35.3 Å². The van der Waals surface area contributed by atoms with Gasteiger partial charge in [-0.25, -0.2) is 13.4 Å². The predicted molar refractivity (Wildman–Crippen MR) is 97.8 cm³/mol. The Morgan fingerprint density at radius 3 is 2.71 bits per heavy atom. The van der Waals surface area contributed by atoms with Gasteiger partial charge in [-0.15, -0.1) is 35.3 Å². The largest absolute Gasteiger partial charge is 0.434 e. The number of alkyl halides is 3. The number of thiazole rings is 1. The van der Waals surface area contributed by atoms with E-state index in [0.29, 0.717) is 30.4 Å². The van der Waals surface area contributed by atoms with E-state index < -0.39 is 21.7 Å². The summed E-state index contributed by atoms with van der Waals surface area (Å²) in [5, 5.41) is 7.32. The molecular weight excluding hydrogens is 480 g/mol. The van der Waals surface area contributed by atoms with Crippen LogP contribution in [0, 0.1) is 0 Å². The zero-order valence-electron chi connectivity index (χ0n) is 12.8. The molecule has 6 nitrogen and oxygen atoms in total. The molecule has 2 N–H and O–H groups in total. The van der Waals surface area contributed by atoms with Gasteiger partial charge >= 0.3 is 6.18 Å². The number of hydrogen-bond acceptors (Lipinski definition) is 5. The second-order valence-corrected chi connectivity index (χ2v) is 8.29. The molecule has 1 aliphatic rings. The van der Waals surface area contributed by atoms with Gasteiger partial charge in [0.1, 0.15) is 0 Å². The van der Waals surface area contributed by atoms with Crippen LogP contribution in [0.3, 0.4) is 0 Å². The number of halogens is 4. The molecule has 0 saturated carbocycles. The molecule has 1 fully saturated rings. The Balaban J connectivity index is 0.00000288. The lowest BCUT2D eigenvalue weighted by Gasteiger charge is -2.15. The minimum atomic E-state index is -4.42. The zero-order chi connectivity index (χ0) is 17.1. The highest BCUT2D eigenvalue weighted by Crippen LogP contribution is 2.29. The lowest BCUT2D eigenvalue weighted by atomic mass is 10.3. The van der Waals surface area contributed by atoms with E-state index in [1.165, 1.54) is 0 Å². The Labute approximate surface area is 159 Å². The molecule has 1 unspecified atom stereocenters. The molecule has 138 valence electrons. The minimum Gasteiger partial charge on any atom is -0.356 e. The maximum absolute atomic E-state index is 12.4. The molecule has 12 heteroatoms. The van der Waals surface area contributed by atoms with Crippen molar-refractivity contribution in [2.24, 2.45) is 4.99 Å². The topological polar surface area (TPSA) is 83.4 Å². The van der Waals surface area contributed by atoms with Crippen molar-refractivity contribution in [3.63, 3.8) is 0 Å². The maximum Gasteiger partial charge on any atom is 0.434 e. The molecule has 0 aromatic carbocycles. The van der Waals surface area contributed by atoms with Gasteiger partial charge in [0.2, 0.25) is 0 Å². The summed E-state index contributed by atoms with van der Waals surface area (Å²) in [6.07, 6.45) is -3.58. The summed E-state index contributed by atoms with van der Waals surface area (Å²) in [6.45, 7) is 0.351. The summed E-state index contributed by atoms with van der Waals surface area (Å²) >= 11 is 0.958. The molecule has 1 aliphatic heterocycles. The zero-order valence-corrected chi connectivity index (χ0v) is 16.7. The summed E-state index contributed by atoms with van der Waals surface area (Å²) in [5.41, 5.74) is -0.879. The molecule has 1 saturated heterocycles. The number of nitrogens with one attached hydrogen (secondary N) is 2. The van der Waals surface area contributed by atoms with Crippen molar-refractivity contribution < 1.29 is 21.6 Å². The third kappa shape index (κ3) is 6.35. The summed E-state index contributed by atoms with van der Waals surface area (Å²) in [7, 11) is -1.44. The highest BCUT2D eigenvalue weighted by atomic mass is 127. The Hall–Kier alpha value is -0.630. The second kappa shape index (κ2) is 8.65. The van der Waals surface area contributed by atoms with Gasteiger partial charge in [0.05, 0.1) is 16.5 Å². The van der Waals surface area contributed by atoms with Crippen LogP contribution in [0.1, 0.15) is 17.1 Å². The van der Waals surface area contributed by atoms with Crippen LogP contribution in [0.4, 0.5) is 13.2 Å². The van der Waals surface area contributed by atoms with Gasteiger partial charge < -0.3 is 10.6 Å². The Morgan fingerprint density at radius 1 is 1.50 bits per heavy atom. The number of guanidine groups is 1. The molecule has 2 heterocycles. The van der Waals surface area contributed by atoms with Gasteiger partial charge in [0.15, 0.2) is 21.5 Å². The Bertz CT molecular complexity index is 676. The third-order valence-electron chi connectivity index (χ3n) is 3.27. The number of rotatable bonds is 4. The van der Waals surface area contributed by atoms with Crippen LogP contribution in [0.2, 0.25) is 0 Å². The lowest BCUT2D eigenvalue weighted by Crippen LogP contribution is -2.44. The van der Waals surface area contributed by atoms with Gasteiger partial charge in [0.25, 0.3) is 0 Å². The third-order valence-corrected chi connectivity index (χ3v) is 5.95. The smallest absolute Gasteiger partial charge is 0.356 e. The van der Waals surface area contributed by atoms with Crippen molar-refractivity contribution in [2.75, 3.05) is 25.1 Å². The fraction of sp³-hybridized carbons (Fsp3) is 0.667. The highest BCUT2D eigenvalue weighted by molar-refractivity contribution is 14.0. The summed E-state index contributed by atoms with van der Waals surface area (Å²) in [4.78, 5) is 7.52. The Kier molecular flexibility index (Phi) is 7.72. The number of aliphatic imine (C=N–C) groups is 1. The fourth-order valence-corrected chi connectivity index (χ4v) is 4.62. The molecule has 0 bridgehead atoms. The van der Waals surface area contributed by atoms with Crippen LogP contribution in [0.5, 0.6) is 0 Å². The molecular formula is C12H18F3IN4O2S2. The molecule has 0 spiro atoms. The molecule has 24 heavy (non-hydrogen) atoms. The van der Waals surface area contributed by atoms with Crippen molar-refractivity contribution >= 4 is 51.1 Å². The van der Waals surface area contributed by atoms with Gasteiger partial charge in [0, 0.05) is 31.4 Å². The van der Waals surface area contributed by atoms with Gasteiger partial charge in [-0.1, -0.05) is 0 Å². The first kappa shape index (κ1) is 21.4. The number of nitrogens with zero attached hydrogens (tertiary/aromatic N) is 2. The molecule has 0 radical (unpaired) electrons. The van der Waals surface area contributed by atoms with E-state index >= 15 is 0 Å². The van der Waals surface area contributed by atoms with Crippen LogP contribution in [-0.4, -0.2) is 50.5 Å². The second-order valence-electron chi connectivity index (χ2n) is 5.12. The van der Waals surface area contributed by atoms with Crippen LogP contribution in [0.15, 0.2) is 10.4 Å². The lowest BCUT2D eigenvalue weighted by molar-refractivity contribution is -0.140. The van der Waals surface area contributed by atoms with E-state index in [1.54, 1.807) is 7.05 Å². The van der Waals surface area contributed by atoms with E-state index in [9.17, 15) is 21.6 Å². The summed E-state index contributed by atoms with van der Waals surface area (Å²) in [5.74, 6) is 0.649. The highest BCUT2D eigenvalue weighted by Gasteiger charge is 2.33. The average Bonchev–Trinajstić information content (AvgIpc) is 3.04. The molecule has 1 aromatic rings. The predicted octanol–water partition coefficient (Wildman–Crippen LogP) is 1.67. The minimum absolute atomic E-state index is 0. The number of sulfone groups is 1. The first-order valence-corrected chi connectivity index (χ1v) is 9.59. The van der Waals surface area contributed by atoms with Crippen LogP contribution in [0.25, 0.3) is 0 Å². The monoisotopic (exact) mass is 498 g/mol. The van der Waals surface area contributed by atoms with Crippen molar-refractivity contribution in [1.29, 1.82) is 0 Å². The van der Waals surface area contributed by atoms with Gasteiger partial charge in [-0.3, -0.25) is 4.99 Å². The van der Waals surface area contributed by atoms with E-state index in [1.807, 2.05) is 0 Å². The van der Waals surface area contributed by atoms with E-state index in [0.717, 1.165) is 16.7 Å². The molecule has 1 atom stereocenters. The van der Waals surface area contributed by atoms with E-state index in [4.69, 9.17) is 0 Å². The summed E-state index contributed by atoms with van der Waals surface area (Å²) < 4.78 is 60.1. The molecule has 1 aromatic heterocycles. The maximum atomic E-state index is 12.4. The first-order valence-electron chi connectivity index (χ1n) is 6.89. The normalized spacial score (nSPS) is 20.5. The van der Waals surface area contributed by atoms with Gasteiger partial charge in [-0.05, 0) is 6.42 Å². The van der Waals surface area contributed by atoms with Gasteiger partial charge in [-0.2, -0.15) is 13.2 Å². The SMILES string of the molecule is CN=C(NCCc1nc(C(F)(F)F)cs1)NC1CCS(=O)(=O)C1.I.